The summed E-state index contributed by atoms with van der Waals surface area (Å²) in [5, 5.41) is 2.80. The summed E-state index contributed by atoms with van der Waals surface area (Å²) in [6.45, 7) is 2.86. The third kappa shape index (κ3) is 6.62. The minimum Gasteiger partial charge on any atom is -0.494 e. The van der Waals surface area contributed by atoms with Crippen LogP contribution in [0.3, 0.4) is 0 Å². The number of hydrogen-bond acceptors (Lipinski definition) is 3. The topological polar surface area (TPSA) is 47.6 Å². The molecule has 0 aliphatic rings. The van der Waals surface area contributed by atoms with E-state index in [1.807, 2.05) is 48.5 Å². The Kier molecular flexibility index (Phi) is 7.62. The van der Waals surface area contributed by atoms with Crippen molar-refractivity contribution in [3.63, 3.8) is 0 Å². The second kappa shape index (κ2) is 9.98. The van der Waals surface area contributed by atoms with E-state index in [-0.39, 0.29) is 12.5 Å². The van der Waals surface area contributed by atoms with Gasteiger partial charge in [-0.2, -0.15) is 0 Å². The Morgan fingerprint density at radius 3 is 2.25 bits per heavy atom. The van der Waals surface area contributed by atoms with Gasteiger partial charge in [0.15, 0.2) is 6.61 Å². The van der Waals surface area contributed by atoms with Crippen LogP contribution in [0.2, 0.25) is 0 Å². The van der Waals surface area contributed by atoms with E-state index >= 15 is 0 Å². The van der Waals surface area contributed by atoms with Gasteiger partial charge in [0.2, 0.25) is 0 Å². The number of halogens is 1. The van der Waals surface area contributed by atoms with Gasteiger partial charge in [-0.3, -0.25) is 4.79 Å². The molecule has 0 aromatic heterocycles. The summed E-state index contributed by atoms with van der Waals surface area (Å²) in [5.74, 6) is 1.27. The summed E-state index contributed by atoms with van der Waals surface area (Å²) in [6, 6.07) is 14.7. The van der Waals surface area contributed by atoms with Gasteiger partial charge in [0.05, 0.1) is 6.61 Å². The third-order valence-electron chi connectivity index (χ3n) is 3.34. The van der Waals surface area contributed by atoms with Gasteiger partial charge < -0.3 is 14.8 Å². The predicted molar refractivity (Wildman–Crippen MR) is 99.7 cm³/mol. The van der Waals surface area contributed by atoms with E-state index in [1.54, 1.807) is 0 Å². The van der Waals surface area contributed by atoms with Crippen molar-refractivity contribution in [3.05, 3.63) is 53.0 Å². The lowest BCUT2D eigenvalue weighted by atomic mass is 10.2. The highest BCUT2D eigenvalue weighted by atomic mass is 79.9. The molecule has 0 saturated carbocycles. The first-order chi connectivity index (χ1) is 11.7. The standard InChI is InChI=1S/C19H22BrNO3/c1-2-3-4-13-23-17-11-7-16(8-12-17)21-19(22)14-24-18-9-5-15(20)6-10-18/h5-12H,2-4,13-14H2,1H3,(H,21,22). The minimum absolute atomic E-state index is 0.0309. The molecule has 0 unspecified atom stereocenters. The van der Waals surface area contributed by atoms with E-state index in [1.165, 1.54) is 12.8 Å². The molecule has 128 valence electrons. The molecule has 0 spiro atoms. The summed E-state index contributed by atoms with van der Waals surface area (Å²) >= 11 is 3.35. The van der Waals surface area contributed by atoms with Crippen molar-refractivity contribution in [2.75, 3.05) is 18.5 Å². The van der Waals surface area contributed by atoms with Gasteiger partial charge in [-0.25, -0.2) is 0 Å². The molecule has 0 bridgehead atoms. The first-order valence-electron chi connectivity index (χ1n) is 8.08. The van der Waals surface area contributed by atoms with Crippen molar-refractivity contribution in [2.24, 2.45) is 0 Å². The Balaban J connectivity index is 1.74. The maximum atomic E-state index is 11.9. The highest BCUT2D eigenvalue weighted by Crippen LogP contribution is 2.17. The fourth-order valence-electron chi connectivity index (χ4n) is 2.05. The molecule has 0 aliphatic carbocycles. The Hall–Kier alpha value is -2.01. The largest absolute Gasteiger partial charge is 0.494 e. The van der Waals surface area contributed by atoms with Crippen molar-refractivity contribution >= 4 is 27.5 Å². The molecule has 4 nitrogen and oxygen atoms in total. The Bertz CT molecular complexity index is 626. The van der Waals surface area contributed by atoms with Crippen molar-refractivity contribution in [1.82, 2.24) is 0 Å². The van der Waals surface area contributed by atoms with Crippen LogP contribution in [0.4, 0.5) is 5.69 Å². The maximum Gasteiger partial charge on any atom is 0.262 e. The number of hydrogen-bond donors (Lipinski definition) is 1. The van der Waals surface area contributed by atoms with Gasteiger partial charge in [0.25, 0.3) is 5.91 Å². The number of nitrogens with one attached hydrogen (secondary N) is 1. The van der Waals surface area contributed by atoms with Gasteiger partial charge in [0.1, 0.15) is 11.5 Å². The lowest BCUT2D eigenvalue weighted by Crippen LogP contribution is -2.20. The van der Waals surface area contributed by atoms with Gasteiger partial charge in [-0.05, 0) is 55.0 Å². The number of ether oxygens (including phenoxy) is 2. The molecular weight excluding hydrogens is 370 g/mol. The van der Waals surface area contributed by atoms with Crippen LogP contribution in [-0.2, 0) is 4.79 Å². The molecule has 0 fully saturated rings. The number of rotatable bonds is 9. The first kappa shape index (κ1) is 18.3. The SMILES string of the molecule is CCCCCOc1ccc(NC(=O)COc2ccc(Br)cc2)cc1. The minimum atomic E-state index is -0.200. The van der Waals surface area contributed by atoms with Crippen LogP contribution in [0.1, 0.15) is 26.2 Å². The lowest BCUT2D eigenvalue weighted by molar-refractivity contribution is -0.118. The van der Waals surface area contributed by atoms with E-state index in [2.05, 4.69) is 28.2 Å². The Morgan fingerprint density at radius 2 is 1.58 bits per heavy atom. The molecule has 0 saturated heterocycles. The van der Waals surface area contributed by atoms with Crippen LogP contribution in [0.25, 0.3) is 0 Å². The zero-order chi connectivity index (χ0) is 17.2. The predicted octanol–water partition coefficient (Wildman–Crippen LogP) is 5.04. The zero-order valence-corrected chi connectivity index (χ0v) is 15.3. The molecule has 1 amide bonds. The summed E-state index contributed by atoms with van der Waals surface area (Å²) in [4.78, 5) is 11.9. The summed E-state index contributed by atoms with van der Waals surface area (Å²) in [5.41, 5.74) is 0.723. The van der Waals surface area contributed by atoms with Crippen molar-refractivity contribution < 1.29 is 14.3 Å². The summed E-state index contributed by atoms with van der Waals surface area (Å²) in [6.07, 6.45) is 3.41. The molecule has 5 heteroatoms. The number of carbonyl (C=O) groups excluding carboxylic acids is 1. The van der Waals surface area contributed by atoms with E-state index < -0.39 is 0 Å². The van der Waals surface area contributed by atoms with Crippen LogP contribution >= 0.6 is 15.9 Å². The second-order valence-corrected chi connectivity index (χ2v) is 6.29. The van der Waals surface area contributed by atoms with Gasteiger partial charge in [0, 0.05) is 10.2 Å². The summed E-state index contributed by atoms with van der Waals surface area (Å²) in [7, 11) is 0. The highest BCUT2D eigenvalue weighted by Gasteiger charge is 2.04. The quantitative estimate of drug-likeness (QED) is 0.609. The van der Waals surface area contributed by atoms with E-state index in [0.717, 1.165) is 28.9 Å². The third-order valence-corrected chi connectivity index (χ3v) is 3.87. The van der Waals surface area contributed by atoms with Crippen LogP contribution in [-0.4, -0.2) is 19.1 Å². The smallest absolute Gasteiger partial charge is 0.262 e. The summed E-state index contributed by atoms with van der Waals surface area (Å²) < 4.78 is 12.0. The van der Waals surface area contributed by atoms with Gasteiger partial charge in [-0.15, -0.1) is 0 Å². The molecule has 1 N–H and O–H groups in total. The number of benzene rings is 2. The van der Waals surface area contributed by atoms with E-state index in [4.69, 9.17) is 9.47 Å². The van der Waals surface area contributed by atoms with Gasteiger partial charge >= 0.3 is 0 Å². The molecule has 0 radical (unpaired) electrons. The monoisotopic (exact) mass is 391 g/mol. The van der Waals surface area contributed by atoms with Crippen LogP contribution in [0.15, 0.2) is 53.0 Å². The Morgan fingerprint density at radius 1 is 0.958 bits per heavy atom. The van der Waals surface area contributed by atoms with Gasteiger partial charge in [-0.1, -0.05) is 35.7 Å². The lowest BCUT2D eigenvalue weighted by Gasteiger charge is -2.09. The average Bonchev–Trinajstić information content (AvgIpc) is 2.60. The second-order valence-electron chi connectivity index (χ2n) is 5.37. The number of anilines is 1. The Labute approximate surface area is 151 Å². The number of carbonyl (C=O) groups is 1. The molecule has 24 heavy (non-hydrogen) atoms. The fourth-order valence-corrected chi connectivity index (χ4v) is 2.32. The van der Waals surface area contributed by atoms with Crippen LogP contribution in [0, 0.1) is 0 Å². The molecule has 0 atom stereocenters. The molecular formula is C19H22BrNO3. The zero-order valence-electron chi connectivity index (χ0n) is 13.8. The molecule has 2 aromatic carbocycles. The average molecular weight is 392 g/mol. The number of amides is 1. The molecule has 2 rings (SSSR count). The van der Waals surface area contributed by atoms with Crippen LogP contribution < -0.4 is 14.8 Å². The van der Waals surface area contributed by atoms with Crippen molar-refractivity contribution in [3.8, 4) is 11.5 Å². The highest BCUT2D eigenvalue weighted by molar-refractivity contribution is 9.10. The maximum absolute atomic E-state index is 11.9. The van der Waals surface area contributed by atoms with E-state index in [9.17, 15) is 4.79 Å². The van der Waals surface area contributed by atoms with Crippen molar-refractivity contribution in [2.45, 2.75) is 26.2 Å². The fraction of sp³-hybridized carbons (Fsp3) is 0.316. The normalized spacial score (nSPS) is 10.2. The molecule has 2 aromatic rings. The van der Waals surface area contributed by atoms with Crippen LogP contribution in [0.5, 0.6) is 11.5 Å². The van der Waals surface area contributed by atoms with Crippen molar-refractivity contribution in [1.29, 1.82) is 0 Å². The molecule has 0 heterocycles. The number of unbranched alkanes of at least 4 members (excludes halogenated alkanes) is 2. The molecule has 0 aliphatic heterocycles. The van der Waals surface area contributed by atoms with E-state index in [0.29, 0.717) is 5.75 Å². The first-order valence-corrected chi connectivity index (χ1v) is 8.88.